The van der Waals surface area contributed by atoms with Gasteiger partial charge in [0.25, 0.3) is 5.91 Å². The smallest absolute Gasteiger partial charge is 0.321 e. The average molecular weight is 626 g/mol. The first kappa shape index (κ1) is 34.0. The first-order chi connectivity index (χ1) is 19.4. The number of methoxy groups -OCH3 is 1. The lowest BCUT2D eigenvalue weighted by molar-refractivity contribution is -0.140. The number of nitrogens with zero attached hydrogens (tertiary/aromatic N) is 1. The minimum absolute atomic E-state index is 0.170. The normalized spacial score (nSPS) is 12.2. The van der Waals surface area contributed by atoms with E-state index in [1.165, 1.54) is 4.57 Å². The number of hydrogen-bond donors (Lipinski definition) is 7. The van der Waals surface area contributed by atoms with E-state index in [2.05, 4.69) is 35.9 Å². The van der Waals surface area contributed by atoms with Gasteiger partial charge < -0.3 is 30.7 Å². The van der Waals surface area contributed by atoms with E-state index in [0.717, 1.165) is 0 Å². The number of ether oxygens (including phenoxy) is 1. The van der Waals surface area contributed by atoms with Gasteiger partial charge in [0.1, 0.15) is 17.8 Å². The van der Waals surface area contributed by atoms with Gasteiger partial charge in [-0.2, -0.15) is 25.3 Å². The fraction of sp³-hybridized carbons (Fsp3) is 0.333. The molecule has 0 radical (unpaired) electrons. The predicted molar refractivity (Wildman–Crippen MR) is 162 cm³/mol. The lowest BCUT2D eigenvalue weighted by Gasteiger charge is -2.14. The number of aliphatic carboxylic acids is 3. The summed E-state index contributed by atoms with van der Waals surface area (Å²) in [5, 5.41) is 33.3. The zero-order valence-electron chi connectivity index (χ0n) is 22.3. The minimum Gasteiger partial charge on any atom is -0.497 e. The van der Waals surface area contributed by atoms with Crippen molar-refractivity contribution in [1.82, 2.24) is 15.2 Å². The number of benzene rings is 2. The van der Waals surface area contributed by atoms with Crippen LogP contribution in [0.2, 0.25) is 5.02 Å². The Balaban J connectivity index is 0.000000320. The quantitative estimate of drug-likeness (QED) is 0.111. The topological polar surface area (TPSA) is 167 Å². The van der Waals surface area contributed by atoms with Gasteiger partial charge in [0.2, 0.25) is 0 Å². The second-order valence-corrected chi connectivity index (χ2v) is 9.89. The summed E-state index contributed by atoms with van der Waals surface area (Å²) in [7, 11) is 1.54. The van der Waals surface area contributed by atoms with Gasteiger partial charge in [0, 0.05) is 46.3 Å². The summed E-state index contributed by atoms with van der Waals surface area (Å²) in [6, 6.07) is 10.4. The Kier molecular flexibility index (Phi) is 13.5. The number of aromatic nitrogens is 1. The molecular weight excluding hydrogens is 594 g/mol. The fourth-order valence-electron chi connectivity index (χ4n) is 3.90. The highest BCUT2D eigenvalue weighted by atomic mass is 35.5. The van der Waals surface area contributed by atoms with Gasteiger partial charge >= 0.3 is 17.9 Å². The molecule has 0 fully saturated rings. The van der Waals surface area contributed by atoms with E-state index >= 15 is 0 Å². The number of hydrogen-bond acceptors (Lipinski definition) is 9. The maximum absolute atomic E-state index is 13.0. The van der Waals surface area contributed by atoms with E-state index in [9.17, 15) is 24.3 Å². The van der Waals surface area contributed by atoms with Crippen molar-refractivity contribution in [3.05, 3.63) is 64.3 Å². The molecular formula is C27H32ClN3O8S2. The Labute approximate surface area is 252 Å². The van der Waals surface area contributed by atoms with E-state index < -0.39 is 30.0 Å². The summed E-state index contributed by atoms with van der Waals surface area (Å²) >= 11 is 13.6. The third-order valence-electron chi connectivity index (χ3n) is 6.03. The molecule has 2 unspecified atom stereocenters. The van der Waals surface area contributed by atoms with Crippen LogP contribution in [0, 0.1) is 6.92 Å². The number of carboxylic acid groups (broad SMARTS) is 3. The van der Waals surface area contributed by atoms with Crippen molar-refractivity contribution >= 4 is 71.6 Å². The van der Waals surface area contributed by atoms with E-state index in [4.69, 9.17) is 26.6 Å². The summed E-state index contributed by atoms with van der Waals surface area (Å²) in [4.78, 5) is 45.4. The van der Waals surface area contributed by atoms with Crippen LogP contribution in [0.3, 0.4) is 0 Å². The van der Waals surface area contributed by atoms with E-state index in [-0.39, 0.29) is 23.8 Å². The van der Waals surface area contributed by atoms with Gasteiger partial charge in [-0.05, 0) is 55.0 Å². The summed E-state index contributed by atoms with van der Waals surface area (Å²) in [5.74, 6) is -2.16. The molecule has 0 aliphatic carbocycles. The number of nitrogens with one attached hydrogen (secondary N) is 2. The standard InChI is InChI=1S/C19H16ClNO4.C8H16N2O4S2/c1-11-15(10-18(22)23)16-9-14(25-2)7-8-17(16)21(11)19(24)12-3-5-13(20)6-4-12;11-7(12)5(3-15)9-1-2-10-6(4-16)8(13)14/h3-9H,10H2,1-2H3,(H,22,23);5-6,9-10,15-16H,1-4H2,(H,11,12)(H,13,14). The highest BCUT2D eigenvalue weighted by molar-refractivity contribution is 7.80. The molecule has 0 aliphatic rings. The Morgan fingerprint density at radius 1 is 0.927 bits per heavy atom. The SMILES string of the molecule is COc1ccc2c(c1)c(CC(=O)O)c(C)n2C(=O)c1ccc(Cl)cc1.O=C(O)C(CS)NCCNC(CS)C(=O)O. The number of halogens is 1. The molecule has 0 saturated heterocycles. The van der Waals surface area contributed by atoms with Crippen LogP contribution in [-0.4, -0.2) is 87.5 Å². The molecule has 0 aliphatic heterocycles. The lowest BCUT2D eigenvalue weighted by Crippen LogP contribution is -2.45. The molecule has 2 atom stereocenters. The summed E-state index contributed by atoms with van der Waals surface area (Å²) in [6.45, 7) is 2.46. The van der Waals surface area contributed by atoms with Crippen molar-refractivity contribution in [2.24, 2.45) is 0 Å². The summed E-state index contributed by atoms with van der Waals surface area (Å²) < 4.78 is 6.77. The number of carbonyl (C=O) groups is 4. The van der Waals surface area contributed by atoms with Gasteiger partial charge in [-0.1, -0.05) is 11.6 Å². The van der Waals surface area contributed by atoms with Gasteiger partial charge in [-0.25, -0.2) is 0 Å². The molecule has 11 nitrogen and oxygen atoms in total. The molecule has 3 aromatic rings. The number of thiol groups is 2. The molecule has 2 aromatic carbocycles. The summed E-state index contributed by atoms with van der Waals surface area (Å²) in [6.07, 6.45) is -0.170. The third-order valence-corrected chi connectivity index (χ3v) is 7.01. The second kappa shape index (κ2) is 16.3. The van der Waals surface area contributed by atoms with Crippen LogP contribution in [0.25, 0.3) is 10.9 Å². The van der Waals surface area contributed by atoms with Gasteiger partial charge in [0.15, 0.2) is 0 Å². The molecule has 1 aromatic heterocycles. The van der Waals surface area contributed by atoms with E-state index in [1.54, 1.807) is 56.5 Å². The van der Waals surface area contributed by atoms with Crippen LogP contribution >= 0.6 is 36.9 Å². The molecule has 0 saturated carbocycles. The number of carboxylic acids is 3. The van der Waals surface area contributed by atoms with Crippen LogP contribution in [0.4, 0.5) is 0 Å². The molecule has 14 heteroatoms. The number of carbonyl (C=O) groups excluding carboxylic acids is 1. The largest absolute Gasteiger partial charge is 0.497 e. The molecule has 3 rings (SSSR count). The molecule has 0 amide bonds. The monoisotopic (exact) mass is 625 g/mol. The van der Waals surface area contributed by atoms with Crippen LogP contribution in [-0.2, 0) is 20.8 Å². The molecule has 222 valence electrons. The number of rotatable bonds is 13. The first-order valence-electron chi connectivity index (χ1n) is 12.3. The van der Waals surface area contributed by atoms with Crippen molar-refractivity contribution in [2.75, 3.05) is 31.7 Å². The summed E-state index contributed by atoms with van der Waals surface area (Å²) in [5.41, 5.74) is 2.32. The van der Waals surface area contributed by atoms with Crippen molar-refractivity contribution in [3.8, 4) is 5.75 Å². The minimum atomic E-state index is -0.973. The van der Waals surface area contributed by atoms with Crippen molar-refractivity contribution in [2.45, 2.75) is 25.4 Å². The maximum Gasteiger partial charge on any atom is 0.321 e. The highest BCUT2D eigenvalue weighted by Gasteiger charge is 2.22. The predicted octanol–water partition coefficient (Wildman–Crippen LogP) is 2.86. The van der Waals surface area contributed by atoms with Gasteiger partial charge in [-0.3, -0.25) is 23.7 Å². The van der Waals surface area contributed by atoms with Crippen LogP contribution < -0.4 is 15.4 Å². The molecule has 1 heterocycles. The molecule has 0 bridgehead atoms. The Morgan fingerprint density at radius 2 is 1.46 bits per heavy atom. The second-order valence-electron chi connectivity index (χ2n) is 8.72. The molecule has 41 heavy (non-hydrogen) atoms. The van der Waals surface area contributed by atoms with Crippen LogP contribution in [0.1, 0.15) is 21.6 Å². The van der Waals surface area contributed by atoms with Crippen molar-refractivity contribution in [3.63, 3.8) is 0 Å². The Hall–Kier alpha value is -3.23. The molecule has 5 N–H and O–H groups in total. The zero-order valence-corrected chi connectivity index (χ0v) is 24.9. The van der Waals surface area contributed by atoms with E-state index in [0.29, 0.717) is 51.6 Å². The third kappa shape index (κ3) is 9.40. The average Bonchev–Trinajstić information content (AvgIpc) is 3.20. The highest BCUT2D eigenvalue weighted by Crippen LogP contribution is 2.30. The number of fused-ring (bicyclic) bond motifs is 1. The van der Waals surface area contributed by atoms with Crippen molar-refractivity contribution in [1.29, 1.82) is 0 Å². The lowest BCUT2D eigenvalue weighted by atomic mass is 10.1. The Bertz CT molecular complexity index is 1360. The Morgan fingerprint density at radius 3 is 1.90 bits per heavy atom. The van der Waals surface area contributed by atoms with Crippen LogP contribution in [0.15, 0.2) is 42.5 Å². The van der Waals surface area contributed by atoms with Gasteiger partial charge in [0.05, 0.1) is 19.0 Å². The van der Waals surface area contributed by atoms with Crippen molar-refractivity contribution < 1.29 is 39.2 Å². The zero-order chi connectivity index (χ0) is 30.7. The molecule has 0 spiro atoms. The first-order valence-corrected chi connectivity index (χ1v) is 13.9. The maximum atomic E-state index is 13.0. The van der Waals surface area contributed by atoms with Gasteiger partial charge in [-0.15, -0.1) is 0 Å². The van der Waals surface area contributed by atoms with Crippen LogP contribution in [0.5, 0.6) is 5.75 Å². The van der Waals surface area contributed by atoms with E-state index in [1.807, 2.05) is 0 Å². The fourth-order valence-corrected chi connectivity index (χ4v) is 4.60.